The van der Waals surface area contributed by atoms with E-state index >= 15 is 0 Å². The smallest absolute Gasteiger partial charge is 0.410 e. The van der Waals surface area contributed by atoms with Crippen molar-refractivity contribution in [1.29, 1.82) is 0 Å². The van der Waals surface area contributed by atoms with E-state index in [1.165, 1.54) is 0 Å². The summed E-state index contributed by atoms with van der Waals surface area (Å²) in [6, 6.07) is 0.227. The maximum Gasteiger partial charge on any atom is 0.410 e. The van der Waals surface area contributed by atoms with Crippen molar-refractivity contribution in [3.05, 3.63) is 12.7 Å². The van der Waals surface area contributed by atoms with Crippen LogP contribution in [-0.2, 0) is 4.74 Å². The predicted molar refractivity (Wildman–Crippen MR) is 76.5 cm³/mol. The quantitative estimate of drug-likeness (QED) is 0.455. The van der Waals surface area contributed by atoms with Crippen molar-refractivity contribution in [2.75, 3.05) is 13.1 Å². The first kappa shape index (κ1) is 16.0. The number of carbonyl (C=O) groups excluding carboxylic acids is 1. The summed E-state index contributed by atoms with van der Waals surface area (Å²) in [7, 11) is 0. The van der Waals surface area contributed by atoms with Gasteiger partial charge < -0.3 is 9.64 Å². The highest BCUT2D eigenvalue weighted by Gasteiger charge is 2.33. The van der Waals surface area contributed by atoms with E-state index in [4.69, 9.17) is 10.6 Å². The summed E-state index contributed by atoms with van der Waals surface area (Å²) < 4.78 is 5.38. The van der Waals surface area contributed by atoms with Crippen LogP contribution in [0.4, 0.5) is 4.79 Å². The van der Waals surface area contributed by atoms with Gasteiger partial charge in [-0.1, -0.05) is 6.08 Å². The van der Waals surface area contributed by atoms with Gasteiger partial charge in [0, 0.05) is 19.1 Å². The molecule has 1 aliphatic rings. The van der Waals surface area contributed by atoms with E-state index in [1.54, 1.807) is 4.90 Å². The van der Waals surface area contributed by atoms with E-state index in [2.05, 4.69) is 12.0 Å². The van der Waals surface area contributed by atoms with Crippen molar-refractivity contribution < 1.29 is 9.53 Å². The lowest BCUT2D eigenvalue weighted by atomic mass is 9.95. The van der Waals surface area contributed by atoms with Crippen LogP contribution in [-0.4, -0.2) is 35.7 Å². The number of hydrogen-bond donors (Lipinski definition) is 2. The zero-order chi connectivity index (χ0) is 14.5. The van der Waals surface area contributed by atoms with Crippen LogP contribution in [0.15, 0.2) is 12.7 Å². The Labute approximate surface area is 116 Å². The van der Waals surface area contributed by atoms with Crippen LogP contribution in [0.1, 0.15) is 40.0 Å². The van der Waals surface area contributed by atoms with Crippen molar-refractivity contribution in [3.63, 3.8) is 0 Å². The first-order chi connectivity index (χ1) is 8.87. The molecule has 3 N–H and O–H groups in total. The second-order valence-electron chi connectivity index (χ2n) is 6.11. The van der Waals surface area contributed by atoms with E-state index in [-0.39, 0.29) is 12.1 Å². The molecule has 5 heteroatoms. The third-order valence-electron chi connectivity index (χ3n) is 3.34. The van der Waals surface area contributed by atoms with Crippen molar-refractivity contribution in [2.24, 2.45) is 11.8 Å². The van der Waals surface area contributed by atoms with Gasteiger partial charge in [-0.25, -0.2) is 4.79 Å². The number of carbonyl (C=O) groups is 1. The molecule has 19 heavy (non-hydrogen) atoms. The molecular weight excluding hydrogens is 242 g/mol. The monoisotopic (exact) mass is 269 g/mol. The first-order valence-corrected chi connectivity index (χ1v) is 6.92. The second-order valence-corrected chi connectivity index (χ2v) is 6.11. The minimum Gasteiger partial charge on any atom is -0.444 e. The Morgan fingerprint density at radius 3 is 2.84 bits per heavy atom. The normalized spacial score (nSPS) is 21.3. The molecule has 2 atom stereocenters. The molecule has 0 aliphatic carbocycles. The predicted octanol–water partition coefficient (Wildman–Crippen LogP) is 2.04. The van der Waals surface area contributed by atoms with Gasteiger partial charge in [-0.15, -0.1) is 6.58 Å². The third kappa shape index (κ3) is 5.20. The summed E-state index contributed by atoms with van der Waals surface area (Å²) in [5, 5.41) is 0. The molecule has 1 fully saturated rings. The molecule has 1 amide bonds. The molecular formula is C14H27N3O2. The van der Waals surface area contributed by atoms with Gasteiger partial charge in [-0.05, 0) is 46.0 Å². The molecule has 2 unspecified atom stereocenters. The number of nitrogens with one attached hydrogen (secondary N) is 1. The summed E-state index contributed by atoms with van der Waals surface area (Å²) in [5.74, 6) is 5.98. The minimum atomic E-state index is -0.441. The lowest BCUT2D eigenvalue weighted by molar-refractivity contribution is 0.0285. The van der Waals surface area contributed by atoms with Crippen LogP contribution in [0.2, 0.25) is 0 Å². The Kier molecular flexibility index (Phi) is 5.82. The molecule has 110 valence electrons. The molecule has 0 aromatic rings. The lowest BCUT2D eigenvalue weighted by Crippen LogP contribution is -2.43. The summed E-state index contributed by atoms with van der Waals surface area (Å²) >= 11 is 0. The Morgan fingerprint density at radius 2 is 2.32 bits per heavy atom. The van der Waals surface area contributed by atoms with E-state index < -0.39 is 5.60 Å². The Bertz CT molecular complexity index is 312. The van der Waals surface area contributed by atoms with Gasteiger partial charge in [0.1, 0.15) is 5.60 Å². The Hall–Kier alpha value is -1.07. The summed E-state index contributed by atoms with van der Waals surface area (Å²) in [5.41, 5.74) is 2.42. The molecule has 0 aromatic carbocycles. The summed E-state index contributed by atoms with van der Waals surface area (Å²) in [6.07, 6.45) is 4.51. The van der Waals surface area contributed by atoms with Crippen LogP contribution in [0.25, 0.3) is 0 Å². The number of hydrogen-bond acceptors (Lipinski definition) is 4. The molecule has 0 spiro atoms. The van der Waals surface area contributed by atoms with Gasteiger partial charge in [0.15, 0.2) is 0 Å². The second kappa shape index (κ2) is 6.91. The average Bonchev–Trinajstić information content (AvgIpc) is 2.77. The van der Waals surface area contributed by atoms with Crippen LogP contribution in [0, 0.1) is 5.92 Å². The highest BCUT2D eigenvalue weighted by atomic mass is 16.6. The topological polar surface area (TPSA) is 67.6 Å². The zero-order valence-corrected chi connectivity index (χ0v) is 12.3. The van der Waals surface area contributed by atoms with Gasteiger partial charge in [0.05, 0.1) is 0 Å². The van der Waals surface area contributed by atoms with Gasteiger partial charge in [-0.3, -0.25) is 11.3 Å². The number of hydrazine groups is 1. The van der Waals surface area contributed by atoms with E-state index in [0.717, 1.165) is 25.8 Å². The van der Waals surface area contributed by atoms with E-state index in [1.807, 2.05) is 26.8 Å². The number of ether oxygens (including phenoxy) is 1. The number of likely N-dealkylation sites (tertiary alicyclic amines) is 1. The third-order valence-corrected chi connectivity index (χ3v) is 3.34. The number of rotatable bonds is 5. The summed E-state index contributed by atoms with van der Waals surface area (Å²) in [4.78, 5) is 13.7. The zero-order valence-electron chi connectivity index (χ0n) is 12.3. The molecule has 0 radical (unpaired) electrons. The summed E-state index contributed by atoms with van der Waals surface area (Å²) in [6.45, 7) is 10.8. The molecule has 1 heterocycles. The number of nitrogens with two attached hydrogens (primary N) is 1. The van der Waals surface area contributed by atoms with Crippen LogP contribution in [0.5, 0.6) is 0 Å². The average molecular weight is 269 g/mol. The number of amides is 1. The van der Waals surface area contributed by atoms with Crippen molar-refractivity contribution in [3.8, 4) is 0 Å². The van der Waals surface area contributed by atoms with Gasteiger partial charge in [0.25, 0.3) is 0 Å². The molecule has 1 saturated heterocycles. The number of nitrogens with zero attached hydrogens (tertiary/aromatic N) is 1. The van der Waals surface area contributed by atoms with Crippen molar-refractivity contribution >= 4 is 6.09 Å². The van der Waals surface area contributed by atoms with E-state index in [9.17, 15) is 4.79 Å². The van der Waals surface area contributed by atoms with E-state index in [0.29, 0.717) is 12.5 Å². The highest BCUT2D eigenvalue weighted by molar-refractivity contribution is 5.68. The fourth-order valence-corrected chi connectivity index (χ4v) is 2.36. The molecule has 1 rings (SSSR count). The van der Waals surface area contributed by atoms with Gasteiger partial charge in [0.2, 0.25) is 0 Å². The maximum absolute atomic E-state index is 12.0. The van der Waals surface area contributed by atoms with Crippen molar-refractivity contribution in [1.82, 2.24) is 10.3 Å². The molecule has 0 bridgehead atoms. The van der Waals surface area contributed by atoms with Crippen LogP contribution >= 0.6 is 0 Å². The maximum atomic E-state index is 12.0. The molecule has 0 saturated carbocycles. The number of allylic oxidation sites excluding steroid dienone is 1. The molecule has 0 aromatic heterocycles. The fraction of sp³-hybridized carbons (Fsp3) is 0.786. The lowest BCUT2D eigenvalue weighted by Gasteiger charge is -2.26. The largest absolute Gasteiger partial charge is 0.444 e. The SMILES string of the molecule is C=CCCC(NN)C1CCN(C(=O)OC(C)(C)C)C1. The Morgan fingerprint density at radius 1 is 1.63 bits per heavy atom. The van der Waals surface area contributed by atoms with Crippen LogP contribution < -0.4 is 11.3 Å². The first-order valence-electron chi connectivity index (χ1n) is 6.92. The van der Waals surface area contributed by atoms with Gasteiger partial charge in [-0.2, -0.15) is 0 Å². The fourth-order valence-electron chi connectivity index (χ4n) is 2.36. The van der Waals surface area contributed by atoms with Gasteiger partial charge >= 0.3 is 6.09 Å². The molecule has 1 aliphatic heterocycles. The van der Waals surface area contributed by atoms with Crippen LogP contribution in [0.3, 0.4) is 0 Å². The highest BCUT2D eigenvalue weighted by Crippen LogP contribution is 2.23. The minimum absolute atomic E-state index is 0.227. The molecule has 5 nitrogen and oxygen atoms in total. The Balaban J connectivity index is 2.47. The standard InChI is InChI=1S/C14H27N3O2/c1-5-6-7-12(16-15)11-8-9-17(10-11)13(18)19-14(2,3)4/h5,11-12,16H,1,6-10,15H2,2-4H3. The van der Waals surface area contributed by atoms with Crippen molar-refractivity contribution in [2.45, 2.75) is 51.7 Å².